The van der Waals surface area contributed by atoms with E-state index in [0.717, 1.165) is 35.3 Å². The highest BCUT2D eigenvalue weighted by molar-refractivity contribution is 6.05. The first kappa shape index (κ1) is 14.0. The lowest BCUT2D eigenvalue weighted by atomic mass is 10.0. The second-order valence-electron chi connectivity index (χ2n) is 6.29. The molecule has 0 bridgehead atoms. The van der Waals surface area contributed by atoms with Crippen LogP contribution in [0.5, 0.6) is 0 Å². The van der Waals surface area contributed by atoms with Gasteiger partial charge >= 0.3 is 0 Å². The molecule has 116 valence electrons. The highest BCUT2D eigenvalue weighted by atomic mass is 16.2. The first-order chi connectivity index (χ1) is 11.1. The lowest BCUT2D eigenvalue weighted by Crippen LogP contribution is -2.24. The van der Waals surface area contributed by atoms with Crippen molar-refractivity contribution in [1.29, 1.82) is 0 Å². The number of carbonyl (C=O) groups excluding carboxylic acids is 2. The summed E-state index contributed by atoms with van der Waals surface area (Å²) >= 11 is 0. The van der Waals surface area contributed by atoms with Crippen LogP contribution in [0.25, 0.3) is 0 Å². The van der Waals surface area contributed by atoms with Crippen LogP contribution in [0.3, 0.4) is 0 Å². The molecule has 4 nitrogen and oxygen atoms in total. The number of hydrogen-bond donors (Lipinski definition) is 1. The summed E-state index contributed by atoms with van der Waals surface area (Å²) in [5.41, 5.74) is 6.08. The molecule has 0 unspecified atom stereocenters. The molecule has 0 saturated heterocycles. The van der Waals surface area contributed by atoms with Gasteiger partial charge in [0.25, 0.3) is 5.91 Å². The van der Waals surface area contributed by atoms with Gasteiger partial charge in [-0.1, -0.05) is 29.8 Å². The van der Waals surface area contributed by atoms with Crippen LogP contribution in [0.1, 0.15) is 32.6 Å². The minimum Gasteiger partial charge on any atom is -0.348 e. The molecule has 0 radical (unpaired) electrons. The first-order valence-electron chi connectivity index (χ1n) is 7.92. The Kier molecular flexibility index (Phi) is 3.18. The number of nitrogens with zero attached hydrogens (tertiary/aromatic N) is 1. The van der Waals surface area contributed by atoms with Gasteiger partial charge in [0.2, 0.25) is 5.91 Å². The van der Waals surface area contributed by atoms with Gasteiger partial charge in [-0.25, -0.2) is 0 Å². The van der Waals surface area contributed by atoms with Crippen LogP contribution in [0.15, 0.2) is 36.4 Å². The zero-order valence-corrected chi connectivity index (χ0v) is 13.1. The molecule has 2 aliphatic heterocycles. The van der Waals surface area contributed by atoms with E-state index in [1.165, 1.54) is 5.56 Å². The van der Waals surface area contributed by atoms with Crippen LogP contribution in [0, 0.1) is 6.92 Å². The summed E-state index contributed by atoms with van der Waals surface area (Å²) in [7, 11) is 0. The Morgan fingerprint density at radius 2 is 2.04 bits per heavy atom. The molecule has 0 atom stereocenters. The average Bonchev–Trinajstić information content (AvgIpc) is 3.10. The van der Waals surface area contributed by atoms with Crippen LogP contribution in [0.4, 0.5) is 5.69 Å². The van der Waals surface area contributed by atoms with E-state index in [0.29, 0.717) is 18.5 Å². The lowest BCUT2D eigenvalue weighted by molar-refractivity contribution is -0.117. The van der Waals surface area contributed by atoms with Crippen LogP contribution in [-0.2, 0) is 24.2 Å². The second-order valence-corrected chi connectivity index (χ2v) is 6.29. The lowest BCUT2D eigenvalue weighted by Gasteiger charge is -2.10. The van der Waals surface area contributed by atoms with Crippen LogP contribution in [-0.4, -0.2) is 18.4 Å². The van der Waals surface area contributed by atoms with Crippen molar-refractivity contribution in [2.24, 2.45) is 0 Å². The summed E-state index contributed by atoms with van der Waals surface area (Å²) in [6, 6.07) is 11.9. The van der Waals surface area contributed by atoms with E-state index in [-0.39, 0.29) is 11.8 Å². The smallest absolute Gasteiger partial charge is 0.251 e. The minimum absolute atomic E-state index is 0.0802. The van der Waals surface area contributed by atoms with Gasteiger partial charge in [0.15, 0.2) is 0 Å². The summed E-state index contributed by atoms with van der Waals surface area (Å²) < 4.78 is 0. The van der Waals surface area contributed by atoms with Crippen molar-refractivity contribution in [2.75, 3.05) is 11.4 Å². The minimum atomic E-state index is -0.0802. The second kappa shape index (κ2) is 5.23. The number of amides is 2. The number of aryl methyl sites for hydroxylation is 1. The summed E-state index contributed by atoms with van der Waals surface area (Å²) in [5.74, 6) is 0.0689. The third kappa shape index (κ3) is 2.40. The molecular formula is C19H18N2O2. The van der Waals surface area contributed by atoms with Crippen molar-refractivity contribution < 1.29 is 9.59 Å². The maximum absolute atomic E-state index is 12.5. The number of rotatable bonds is 3. The molecule has 0 aliphatic carbocycles. The molecule has 4 heteroatoms. The van der Waals surface area contributed by atoms with E-state index in [4.69, 9.17) is 0 Å². The number of nitrogens with one attached hydrogen (secondary N) is 1. The third-order valence-corrected chi connectivity index (χ3v) is 4.58. The molecule has 2 aliphatic rings. The van der Waals surface area contributed by atoms with Gasteiger partial charge in [-0.2, -0.15) is 0 Å². The quantitative estimate of drug-likeness (QED) is 0.946. The average molecular weight is 306 g/mol. The van der Waals surface area contributed by atoms with Crippen LogP contribution < -0.4 is 10.2 Å². The van der Waals surface area contributed by atoms with Gasteiger partial charge in [0.1, 0.15) is 0 Å². The monoisotopic (exact) mass is 306 g/mol. The Morgan fingerprint density at radius 3 is 2.87 bits per heavy atom. The topological polar surface area (TPSA) is 49.4 Å². The van der Waals surface area contributed by atoms with Crippen LogP contribution >= 0.6 is 0 Å². The summed E-state index contributed by atoms with van der Waals surface area (Å²) in [6.07, 6.45) is 1.26. The standard InChI is InChI=1S/C19H18N2O2/c1-12-3-2-4-13(7-12)11-20-19(23)16-8-14-5-6-21-17(22)10-15(9-16)18(14)21/h2-4,7-9H,5-6,10-11H2,1H3,(H,20,23). The van der Waals surface area contributed by atoms with Gasteiger partial charge in [0, 0.05) is 18.7 Å². The molecule has 1 N–H and O–H groups in total. The third-order valence-electron chi connectivity index (χ3n) is 4.58. The Hall–Kier alpha value is -2.62. The molecule has 4 rings (SSSR count). The predicted octanol–water partition coefficient (Wildman–Crippen LogP) is 2.37. The van der Waals surface area contributed by atoms with Crippen molar-refractivity contribution in [1.82, 2.24) is 5.32 Å². The van der Waals surface area contributed by atoms with Gasteiger partial charge in [-0.15, -0.1) is 0 Å². The number of hydrogen-bond acceptors (Lipinski definition) is 2. The molecular weight excluding hydrogens is 288 g/mol. The molecule has 0 saturated carbocycles. The number of anilines is 1. The summed E-state index contributed by atoms with van der Waals surface area (Å²) in [4.78, 5) is 26.2. The predicted molar refractivity (Wildman–Crippen MR) is 88.6 cm³/mol. The fourth-order valence-corrected chi connectivity index (χ4v) is 3.52. The number of benzene rings is 2. The SMILES string of the molecule is Cc1cccc(CNC(=O)c2cc3c4c(c2)CC(=O)N4CC3)c1. The van der Waals surface area contributed by atoms with E-state index in [1.807, 2.05) is 42.2 Å². The van der Waals surface area contributed by atoms with E-state index >= 15 is 0 Å². The van der Waals surface area contributed by atoms with Crippen molar-refractivity contribution in [3.63, 3.8) is 0 Å². The van der Waals surface area contributed by atoms with Gasteiger partial charge in [-0.3, -0.25) is 9.59 Å². The van der Waals surface area contributed by atoms with Gasteiger partial charge < -0.3 is 10.2 Å². The van der Waals surface area contributed by atoms with Gasteiger partial charge in [-0.05, 0) is 42.2 Å². The zero-order valence-electron chi connectivity index (χ0n) is 13.1. The normalized spacial score (nSPS) is 15.0. The maximum atomic E-state index is 12.5. The largest absolute Gasteiger partial charge is 0.348 e. The molecule has 0 aromatic heterocycles. The fraction of sp³-hybridized carbons (Fsp3) is 0.263. The molecule has 0 spiro atoms. The Bertz CT molecular complexity index is 826. The maximum Gasteiger partial charge on any atom is 0.251 e. The van der Waals surface area contributed by atoms with Crippen molar-refractivity contribution in [2.45, 2.75) is 26.3 Å². The van der Waals surface area contributed by atoms with E-state index < -0.39 is 0 Å². The molecule has 2 heterocycles. The van der Waals surface area contributed by atoms with Crippen LogP contribution in [0.2, 0.25) is 0 Å². The Balaban J connectivity index is 1.54. The van der Waals surface area contributed by atoms with E-state index in [2.05, 4.69) is 11.4 Å². The van der Waals surface area contributed by atoms with Crippen molar-refractivity contribution >= 4 is 17.5 Å². The molecule has 2 aromatic rings. The fourth-order valence-electron chi connectivity index (χ4n) is 3.52. The molecule has 0 fully saturated rings. The highest BCUT2D eigenvalue weighted by Gasteiger charge is 2.34. The molecule has 23 heavy (non-hydrogen) atoms. The zero-order chi connectivity index (χ0) is 16.0. The molecule has 2 aromatic carbocycles. The molecule has 2 amide bonds. The van der Waals surface area contributed by atoms with Gasteiger partial charge in [0.05, 0.1) is 12.1 Å². The number of carbonyl (C=O) groups is 2. The summed E-state index contributed by atoms with van der Waals surface area (Å²) in [5, 5.41) is 2.97. The summed E-state index contributed by atoms with van der Waals surface area (Å²) in [6.45, 7) is 3.30. The highest BCUT2D eigenvalue weighted by Crippen LogP contribution is 2.38. The Morgan fingerprint density at radius 1 is 1.22 bits per heavy atom. The first-order valence-corrected chi connectivity index (χ1v) is 7.92. The van der Waals surface area contributed by atoms with Crippen molar-refractivity contribution in [3.05, 3.63) is 64.2 Å². The van der Waals surface area contributed by atoms with Crippen molar-refractivity contribution in [3.8, 4) is 0 Å². The van der Waals surface area contributed by atoms with E-state index in [1.54, 1.807) is 0 Å². The van der Waals surface area contributed by atoms with E-state index in [9.17, 15) is 9.59 Å². The Labute approximate surface area is 135 Å².